The summed E-state index contributed by atoms with van der Waals surface area (Å²) in [5, 5.41) is 3.28. The fourth-order valence-corrected chi connectivity index (χ4v) is 1.63. The van der Waals surface area contributed by atoms with Crippen molar-refractivity contribution in [1.82, 2.24) is 5.32 Å². The fraction of sp³-hybridized carbons (Fsp3) is 0.467. The number of methoxy groups -OCH3 is 2. The molecule has 0 aliphatic carbocycles. The van der Waals surface area contributed by atoms with Crippen molar-refractivity contribution in [1.29, 1.82) is 0 Å². The van der Waals surface area contributed by atoms with Crippen LogP contribution >= 0.6 is 0 Å². The van der Waals surface area contributed by atoms with Gasteiger partial charge < -0.3 is 19.5 Å². The van der Waals surface area contributed by atoms with Crippen molar-refractivity contribution in [2.24, 2.45) is 0 Å². The van der Waals surface area contributed by atoms with Crippen molar-refractivity contribution in [3.8, 4) is 23.8 Å². The van der Waals surface area contributed by atoms with Gasteiger partial charge in [0.2, 0.25) is 0 Å². The average Bonchev–Trinajstić information content (AvgIpc) is 2.44. The number of rotatable bonds is 9. The van der Waals surface area contributed by atoms with E-state index >= 15 is 0 Å². The van der Waals surface area contributed by atoms with Crippen LogP contribution in [0.3, 0.4) is 0 Å². The van der Waals surface area contributed by atoms with Gasteiger partial charge in [0.25, 0.3) is 0 Å². The largest absolute Gasteiger partial charge is 0.493 e. The predicted octanol–water partition coefficient (Wildman–Crippen LogP) is 1.83. The molecule has 0 unspecified atom stereocenters. The van der Waals surface area contributed by atoms with E-state index in [-0.39, 0.29) is 0 Å². The molecule has 0 aliphatic rings. The lowest BCUT2D eigenvalue weighted by atomic mass is 10.2. The number of hydrogen-bond donors (Lipinski definition) is 1. The van der Waals surface area contributed by atoms with E-state index in [1.54, 1.807) is 14.2 Å². The first-order valence-corrected chi connectivity index (χ1v) is 6.25. The maximum atomic E-state index is 5.72. The summed E-state index contributed by atoms with van der Waals surface area (Å²) in [4.78, 5) is 0. The van der Waals surface area contributed by atoms with E-state index < -0.39 is 0 Å². The first-order chi connectivity index (χ1) is 9.33. The molecule has 0 amide bonds. The van der Waals surface area contributed by atoms with Gasteiger partial charge in [0.05, 0.1) is 20.3 Å². The molecule has 0 spiro atoms. The van der Waals surface area contributed by atoms with Crippen LogP contribution in [0.15, 0.2) is 18.2 Å². The minimum atomic E-state index is 0.488. The molecular weight excluding hydrogens is 242 g/mol. The second-order valence-corrected chi connectivity index (χ2v) is 3.92. The number of para-hydroxylation sites is 1. The number of hydrogen-bond acceptors (Lipinski definition) is 4. The van der Waals surface area contributed by atoms with Crippen molar-refractivity contribution in [3.05, 3.63) is 23.8 Å². The van der Waals surface area contributed by atoms with E-state index in [9.17, 15) is 0 Å². The van der Waals surface area contributed by atoms with Gasteiger partial charge in [-0.3, -0.25) is 0 Å². The van der Waals surface area contributed by atoms with Crippen molar-refractivity contribution in [3.63, 3.8) is 0 Å². The Bertz CT molecular complexity index is 412. The van der Waals surface area contributed by atoms with E-state index in [2.05, 4.69) is 11.2 Å². The summed E-state index contributed by atoms with van der Waals surface area (Å²) >= 11 is 0. The van der Waals surface area contributed by atoms with Crippen LogP contribution in [0.5, 0.6) is 11.5 Å². The average molecular weight is 263 g/mol. The Labute approximate surface area is 115 Å². The molecule has 0 atom stereocenters. The Kier molecular flexibility index (Phi) is 7.48. The van der Waals surface area contributed by atoms with E-state index in [4.69, 9.17) is 20.6 Å². The highest BCUT2D eigenvalue weighted by atomic mass is 16.5. The molecule has 0 aliphatic heterocycles. The van der Waals surface area contributed by atoms with E-state index in [1.165, 1.54) is 0 Å². The first-order valence-electron chi connectivity index (χ1n) is 6.25. The Balaban J connectivity index is 2.68. The van der Waals surface area contributed by atoms with Crippen LogP contribution in [-0.4, -0.2) is 34.0 Å². The Morgan fingerprint density at radius 2 is 2.11 bits per heavy atom. The third-order valence-electron chi connectivity index (χ3n) is 2.57. The third-order valence-corrected chi connectivity index (χ3v) is 2.57. The van der Waals surface area contributed by atoms with Crippen LogP contribution in [0, 0.1) is 12.3 Å². The molecule has 0 saturated heterocycles. The summed E-state index contributed by atoms with van der Waals surface area (Å²) in [6.07, 6.45) is 5.81. The van der Waals surface area contributed by atoms with Crippen molar-refractivity contribution in [2.75, 3.05) is 34.0 Å². The zero-order chi connectivity index (χ0) is 13.9. The molecule has 0 fully saturated rings. The van der Waals surface area contributed by atoms with E-state index in [0.717, 1.165) is 23.6 Å². The molecule has 19 heavy (non-hydrogen) atoms. The zero-order valence-corrected chi connectivity index (χ0v) is 11.6. The van der Waals surface area contributed by atoms with Gasteiger partial charge in [-0.1, -0.05) is 12.1 Å². The molecule has 4 nitrogen and oxygen atoms in total. The quantitative estimate of drug-likeness (QED) is 0.545. The van der Waals surface area contributed by atoms with Gasteiger partial charge in [0.1, 0.15) is 0 Å². The SMILES string of the molecule is C#CCCOc1c(CNCCOC)cccc1OC. The maximum Gasteiger partial charge on any atom is 0.165 e. The Morgan fingerprint density at radius 1 is 1.26 bits per heavy atom. The fourth-order valence-electron chi connectivity index (χ4n) is 1.63. The zero-order valence-electron chi connectivity index (χ0n) is 11.6. The molecule has 1 rings (SSSR count). The molecule has 0 radical (unpaired) electrons. The molecular formula is C15H21NO3. The second-order valence-electron chi connectivity index (χ2n) is 3.92. The number of benzene rings is 1. The Hall–Kier alpha value is -1.70. The molecule has 0 aromatic heterocycles. The highest BCUT2D eigenvalue weighted by Crippen LogP contribution is 2.31. The normalized spacial score (nSPS) is 9.95. The van der Waals surface area contributed by atoms with Crippen molar-refractivity contribution in [2.45, 2.75) is 13.0 Å². The third kappa shape index (κ3) is 5.21. The molecule has 0 saturated carbocycles. The van der Waals surface area contributed by atoms with Crippen molar-refractivity contribution >= 4 is 0 Å². The monoisotopic (exact) mass is 263 g/mol. The van der Waals surface area contributed by atoms with Crippen LogP contribution in [0.1, 0.15) is 12.0 Å². The summed E-state index contributed by atoms with van der Waals surface area (Å²) in [7, 11) is 3.31. The molecule has 1 N–H and O–H groups in total. The van der Waals surface area contributed by atoms with Gasteiger partial charge in [0.15, 0.2) is 11.5 Å². The van der Waals surface area contributed by atoms with Gasteiger partial charge in [-0.25, -0.2) is 0 Å². The lowest BCUT2D eigenvalue weighted by Gasteiger charge is -2.15. The first kappa shape index (κ1) is 15.4. The van der Waals surface area contributed by atoms with Gasteiger partial charge in [0, 0.05) is 32.2 Å². The second kappa shape index (κ2) is 9.26. The molecule has 0 bridgehead atoms. The van der Waals surface area contributed by atoms with E-state index in [1.807, 2.05) is 18.2 Å². The number of nitrogens with one attached hydrogen (secondary N) is 1. The summed E-state index contributed by atoms with van der Waals surface area (Å²) in [5.74, 6) is 4.04. The molecule has 4 heteroatoms. The minimum absolute atomic E-state index is 0.488. The maximum absolute atomic E-state index is 5.72. The molecule has 1 aromatic carbocycles. The topological polar surface area (TPSA) is 39.7 Å². The summed E-state index contributed by atoms with van der Waals surface area (Å²) in [6.45, 7) is 2.66. The molecule has 104 valence electrons. The van der Waals surface area contributed by atoms with E-state index in [0.29, 0.717) is 26.2 Å². The van der Waals surface area contributed by atoms with Crippen LogP contribution in [0.4, 0.5) is 0 Å². The summed E-state index contributed by atoms with van der Waals surface area (Å²) in [5.41, 5.74) is 1.05. The van der Waals surface area contributed by atoms with Gasteiger partial charge in [-0.05, 0) is 6.07 Å². The highest BCUT2D eigenvalue weighted by Gasteiger charge is 2.09. The van der Waals surface area contributed by atoms with Crippen LogP contribution in [0.2, 0.25) is 0 Å². The van der Waals surface area contributed by atoms with Crippen LogP contribution in [0.25, 0.3) is 0 Å². The van der Waals surface area contributed by atoms with Gasteiger partial charge >= 0.3 is 0 Å². The van der Waals surface area contributed by atoms with Crippen LogP contribution in [-0.2, 0) is 11.3 Å². The number of terminal acetylenes is 1. The predicted molar refractivity (Wildman–Crippen MR) is 75.5 cm³/mol. The highest BCUT2D eigenvalue weighted by molar-refractivity contribution is 5.46. The smallest absolute Gasteiger partial charge is 0.165 e. The number of ether oxygens (including phenoxy) is 3. The van der Waals surface area contributed by atoms with Gasteiger partial charge in [-0.2, -0.15) is 0 Å². The Morgan fingerprint density at radius 3 is 2.79 bits per heavy atom. The van der Waals surface area contributed by atoms with Gasteiger partial charge in [-0.15, -0.1) is 12.3 Å². The lowest BCUT2D eigenvalue weighted by Crippen LogP contribution is -2.19. The standard InChI is InChI=1S/C15H21NO3/c1-4-5-10-19-15-13(12-16-9-11-17-2)7-6-8-14(15)18-3/h1,6-8,16H,5,9-12H2,2-3H3. The van der Waals surface area contributed by atoms with Crippen LogP contribution < -0.4 is 14.8 Å². The summed E-state index contributed by atoms with van der Waals surface area (Å²) < 4.78 is 16.0. The molecule has 0 heterocycles. The minimum Gasteiger partial charge on any atom is -0.493 e. The lowest BCUT2D eigenvalue weighted by molar-refractivity contribution is 0.199. The van der Waals surface area contributed by atoms with Crippen molar-refractivity contribution < 1.29 is 14.2 Å². The molecule has 1 aromatic rings. The summed E-state index contributed by atoms with van der Waals surface area (Å²) in [6, 6.07) is 5.83.